The van der Waals surface area contributed by atoms with Crippen LogP contribution in [0.2, 0.25) is 0 Å². The number of aryl methyl sites for hydroxylation is 1. The van der Waals surface area contributed by atoms with Gasteiger partial charge in [-0.2, -0.15) is 0 Å². The summed E-state index contributed by atoms with van der Waals surface area (Å²) >= 11 is 3.69. The van der Waals surface area contributed by atoms with Crippen molar-refractivity contribution < 1.29 is 0 Å². The van der Waals surface area contributed by atoms with Crippen molar-refractivity contribution in [2.75, 3.05) is 33.7 Å². The van der Waals surface area contributed by atoms with Crippen LogP contribution in [0, 0.1) is 6.92 Å². The zero-order valence-corrected chi connectivity index (χ0v) is 14.9. The molecule has 2 atom stereocenters. The second-order valence-electron chi connectivity index (χ2n) is 5.72. The molecule has 0 radical (unpaired) electrons. The first kappa shape index (κ1) is 17.6. The van der Waals surface area contributed by atoms with E-state index >= 15 is 0 Å². The van der Waals surface area contributed by atoms with Gasteiger partial charge in [-0.25, -0.2) is 0 Å². The second kappa shape index (κ2) is 8.13. The van der Waals surface area contributed by atoms with Gasteiger partial charge in [0.15, 0.2) is 0 Å². The molecule has 2 unspecified atom stereocenters. The Labute approximate surface area is 132 Å². The lowest BCUT2D eigenvalue weighted by atomic mass is 10.0. The van der Waals surface area contributed by atoms with Crippen LogP contribution in [0.5, 0.6) is 0 Å². The third-order valence-corrected chi connectivity index (χ3v) is 4.39. The summed E-state index contributed by atoms with van der Waals surface area (Å²) in [6, 6.07) is 7.25. The van der Waals surface area contributed by atoms with Crippen molar-refractivity contribution in [3.8, 4) is 0 Å². The fourth-order valence-corrected chi connectivity index (χ4v) is 3.57. The van der Waals surface area contributed by atoms with Crippen LogP contribution in [-0.4, -0.2) is 49.6 Å². The molecule has 0 saturated heterocycles. The van der Waals surface area contributed by atoms with Gasteiger partial charge in [-0.1, -0.05) is 35.0 Å². The number of hydrogen-bond donors (Lipinski definition) is 1. The summed E-state index contributed by atoms with van der Waals surface area (Å²) in [6.07, 6.45) is 0. The number of benzene rings is 1. The van der Waals surface area contributed by atoms with Crippen molar-refractivity contribution in [2.45, 2.75) is 32.9 Å². The zero-order chi connectivity index (χ0) is 15.3. The normalized spacial score (nSPS) is 14.8. The topological polar surface area (TPSA) is 32.5 Å². The van der Waals surface area contributed by atoms with Crippen LogP contribution in [-0.2, 0) is 0 Å². The lowest BCUT2D eigenvalue weighted by Crippen LogP contribution is -2.44. The smallest absolute Gasteiger partial charge is 0.0484 e. The van der Waals surface area contributed by atoms with E-state index in [0.29, 0.717) is 12.6 Å². The van der Waals surface area contributed by atoms with Crippen LogP contribution >= 0.6 is 15.9 Å². The average Bonchev–Trinajstić information content (AvgIpc) is 2.35. The minimum atomic E-state index is 0.255. The Hall–Kier alpha value is -0.420. The molecule has 1 aromatic rings. The summed E-state index contributed by atoms with van der Waals surface area (Å²) in [5.41, 5.74) is 8.63. The Kier molecular flexibility index (Phi) is 7.17. The third kappa shape index (κ3) is 4.55. The number of likely N-dealkylation sites (N-methyl/N-ethyl adjacent to an activating group) is 2. The van der Waals surface area contributed by atoms with Gasteiger partial charge in [-0.15, -0.1) is 0 Å². The van der Waals surface area contributed by atoms with Gasteiger partial charge in [0.1, 0.15) is 0 Å². The standard InChI is InChI=1S/C16H28BrN3/c1-6-20(13(3)11-19(4)5)16(10-18)14-8-7-12(2)9-15(14)17/h7-9,13,16H,6,10-11,18H2,1-5H3. The third-order valence-electron chi connectivity index (χ3n) is 3.70. The fourth-order valence-electron chi connectivity index (χ4n) is 2.82. The summed E-state index contributed by atoms with van der Waals surface area (Å²) in [6.45, 7) is 9.25. The molecule has 1 rings (SSSR count). The predicted molar refractivity (Wildman–Crippen MR) is 91.1 cm³/mol. The lowest BCUT2D eigenvalue weighted by Gasteiger charge is -2.37. The largest absolute Gasteiger partial charge is 0.329 e. The Morgan fingerprint density at radius 2 is 1.95 bits per heavy atom. The quantitative estimate of drug-likeness (QED) is 0.827. The molecule has 0 spiro atoms. The molecular weight excluding hydrogens is 314 g/mol. The summed E-state index contributed by atoms with van der Waals surface area (Å²) in [4.78, 5) is 4.71. The molecule has 1 aromatic carbocycles. The van der Waals surface area contributed by atoms with E-state index in [-0.39, 0.29) is 6.04 Å². The minimum Gasteiger partial charge on any atom is -0.329 e. The van der Waals surface area contributed by atoms with E-state index < -0.39 is 0 Å². The van der Waals surface area contributed by atoms with E-state index in [1.807, 2.05) is 0 Å². The number of rotatable bonds is 7. The predicted octanol–water partition coefficient (Wildman–Crippen LogP) is 3.03. The molecule has 0 aliphatic rings. The maximum atomic E-state index is 6.08. The highest BCUT2D eigenvalue weighted by Gasteiger charge is 2.24. The lowest BCUT2D eigenvalue weighted by molar-refractivity contribution is 0.130. The van der Waals surface area contributed by atoms with Crippen molar-refractivity contribution >= 4 is 15.9 Å². The van der Waals surface area contributed by atoms with E-state index in [4.69, 9.17) is 5.73 Å². The molecule has 114 valence electrons. The van der Waals surface area contributed by atoms with Crippen molar-refractivity contribution in [1.82, 2.24) is 9.80 Å². The molecule has 2 N–H and O–H groups in total. The number of nitrogens with zero attached hydrogens (tertiary/aromatic N) is 2. The van der Waals surface area contributed by atoms with Gasteiger partial charge >= 0.3 is 0 Å². The van der Waals surface area contributed by atoms with Gasteiger partial charge in [0.25, 0.3) is 0 Å². The van der Waals surface area contributed by atoms with Gasteiger partial charge in [0, 0.05) is 29.6 Å². The first-order valence-electron chi connectivity index (χ1n) is 7.27. The highest BCUT2D eigenvalue weighted by Crippen LogP contribution is 2.29. The number of halogens is 1. The highest BCUT2D eigenvalue weighted by molar-refractivity contribution is 9.10. The van der Waals surface area contributed by atoms with E-state index in [9.17, 15) is 0 Å². The van der Waals surface area contributed by atoms with Gasteiger partial charge in [-0.3, -0.25) is 4.90 Å². The monoisotopic (exact) mass is 341 g/mol. The van der Waals surface area contributed by atoms with Crippen molar-refractivity contribution in [2.24, 2.45) is 5.73 Å². The molecule has 0 aliphatic carbocycles. The Balaban J connectivity index is 3.02. The van der Waals surface area contributed by atoms with Crippen LogP contribution in [0.15, 0.2) is 22.7 Å². The fraction of sp³-hybridized carbons (Fsp3) is 0.625. The molecule has 0 bridgehead atoms. The Morgan fingerprint density at radius 1 is 1.30 bits per heavy atom. The van der Waals surface area contributed by atoms with E-state index in [1.165, 1.54) is 11.1 Å². The molecule has 0 amide bonds. The van der Waals surface area contributed by atoms with Gasteiger partial charge < -0.3 is 10.6 Å². The molecule has 0 aromatic heterocycles. The van der Waals surface area contributed by atoms with Crippen molar-refractivity contribution in [3.05, 3.63) is 33.8 Å². The summed E-state index contributed by atoms with van der Waals surface area (Å²) in [5.74, 6) is 0. The van der Waals surface area contributed by atoms with Crippen LogP contribution in [0.25, 0.3) is 0 Å². The number of hydrogen-bond acceptors (Lipinski definition) is 3. The molecule has 0 fully saturated rings. The molecule has 0 heterocycles. The maximum Gasteiger partial charge on any atom is 0.0484 e. The zero-order valence-electron chi connectivity index (χ0n) is 13.4. The van der Waals surface area contributed by atoms with Gasteiger partial charge in [0.2, 0.25) is 0 Å². The summed E-state index contributed by atoms with van der Waals surface area (Å²) in [5, 5.41) is 0. The molecule has 3 nitrogen and oxygen atoms in total. The maximum absolute atomic E-state index is 6.08. The van der Waals surface area contributed by atoms with Crippen LogP contribution < -0.4 is 5.73 Å². The van der Waals surface area contributed by atoms with E-state index in [2.05, 4.69) is 78.8 Å². The minimum absolute atomic E-state index is 0.255. The van der Waals surface area contributed by atoms with Gasteiger partial charge in [0.05, 0.1) is 0 Å². The average molecular weight is 342 g/mol. The molecule has 0 aliphatic heterocycles. The molecule has 0 saturated carbocycles. The van der Waals surface area contributed by atoms with E-state index in [0.717, 1.165) is 17.6 Å². The summed E-state index contributed by atoms with van der Waals surface area (Å²) in [7, 11) is 4.23. The van der Waals surface area contributed by atoms with E-state index in [1.54, 1.807) is 0 Å². The highest BCUT2D eigenvalue weighted by atomic mass is 79.9. The number of nitrogens with two attached hydrogens (primary N) is 1. The summed E-state index contributed by atoms with van der Waals surface area (Å²) < 4.78 is 1.16. The van der Waals surface area contributed by atoms with Crippen LogP contribution in [0.1, 0.15) is 31.0 Å². The van der Waals surface area contributed by atoms with Crippen LogP contribution in [0.4, 0.5) is 0 Å². The second-order valence-corrected chi connectivity index (χ2v) is 6.57. The Morgan fingerprint density at radius 3 is 2.40 bits per heavy atom. The molecule has 20 heavy (non-hydrogen) atoms. The van der Waals surface area contributed by atoms with Crippen molar-refractivity contribution in [3.63, 3.8) is 0 Å². The van der Waals surface area contributed by atoms with Crippen molar-refractivity contribution in [1.29, 1.82) is 0 Å². The molecule has 4 heteroatoms. The van der Waals surface area contributed by atoms with Gasteiger partial charge in [-0.05, 0) is 51.7 Å². The first-order valence-corrected chi connectivity index (χ1v) is 8.06. The molecular formula is C16H28BrN3. The first-order chi connectivity index (χ1) is 9.40. The Bertz CT molecular complexity index is 420. The SMILES string of the molecule is CCN(C(C)CN(C)C)C(CN)c1ccc(C)cc1Br. The van der Waals surface area contributed by atoms with Crippen LogP contribution in [0.3, 0.4) is 0 Å².